The van der Waals surface area contributed by atoms with Crippen LogP contribution in [0.15, 0.2) is 30.5 Å². The number of hydrogen-bond acceptors (Lipinski definition) is 2. The Bertz CT molecular complexity index is 585. The third-order valence-electron chi connectivity index (χ3n) is 4.03. The second-order valence-corrected chi connectivity index (χ2v) is 6.01. The number of nitrogens with zero attached hydrogens (tertiary/aromatic N) is 1. The number of fused-ring (bicyclic) bond motifs is 1. The molecule has 3 heteroatoms. The first-order valence-electron chi connectivity index (χ1n) is 6.94. The van der Waals surface area contributed by atoms with Crippen LogP contribution in [0.3, 0.4) is 0 Å². The second kappa shape index (κ2) is 4.66. The van der Waals surface area contributed by atoms with Crippen molar-refractivity contribution in [3.63, 3.8) is 0 Å². The molecule has 1 aromatic heterocycles. The first kappa shape index (κ1) is 12.7. The Morgan fingerprint density at radius 3 is 2.89 bits per heavy atom. The summed E-state index contributed by atoms with van der Waals surface area (Å²) in [5, 5.41) is 10.5. The number of hydrogen-bond donors (Lipinski definition) is 1. The smallest absolute Gasteiger partial charge is 0.0762 e. The predicted octanol–water partition coefficient (Wildman–Crippen LogP) is 3.09. The normalized spacial score (nSPS) is 22.2. The molecule has 2 aromatic rings. The van der Waals surface area contributed by atoms with Gasteiger partial charge >= 0.3 is 0 Å². The van der Waals surface area contributed by atoms with Gasteiger partial charge in [-0.25, -0.2) is 0 Å². The fraction of sp³-hybridized carbons (Fsp3) is 0.500. The van der Waals surface area contributed by atoms with Crippen molar-refractivity contribution in [1.29, 1.82) is 0 Å². The topological polar surface area (TPSA) is 34.4 Å². The number of ether oxygens (including phenoxy) is 1. The summed E-state index contributed by atoms with van der Waals surface area (Å²) in [5.41, 5.74) is 2.19. The van der Waals surface area contributed by atoms with Gasteiger partial charge in [0.1, 0.15) is 0 Å². The highest BCUT2D eigenvalue weighted by molar-refractivity contribution is 5.83. The molecule has 2 heterocycles. The molecule has 1 atom stereocenters. The van der Waals surface area contributed by atoms with Gasteiger partial charge < -0.3 is 14.4 Å². The average molecular weight is 259 g/mol. The Balaban J connectivity index is 1.86. The van der Waals surface area contributed by atoms with Gasteiger partial charge in [0, 0.05) is 23.6 Å². The van der Waals surface area contributed by atoms with Gasteiger partial charge in [-0.1, -0.05) is 12.1 Å². The van der Waals surface area contributed by atoms with Crippen LogP contribution in [0.4, 0.5) is 0 Å². The molecule has 3 rings (SSSR count). The maximum Gasteiger partial charge on any atom is 0.0762 e. The Kier molecular flexibility index (Phi) is 3.11. The Morgan fingerprint density at radius 1 is 1.37 bits per heavy atom. The van der Waals surface area contributed by atoms with Crippen LogP contribution in [0.25, 0.3) is 10.9 Å². The molecule has 3 nitrogen and oxygen atoms in total. The first-order chi connectivity index (χ1) is 9.09. The zero-order chi connectivity index (χ0) is 13.5. The van der Waals surface area contributed by atoms with Crippen molar-refractivity contribution in [2.24, 2.45) is 0 Å². The molecule has 1 N–H and O–H groups in total. The fourth-order valence-electron chi connectivity index (χ4n) is 3.01. The van der Waals surface area contributed by atoms with E-state index in [9.17, 15) is 5.11 Å². The highest BCUT2D eigenvalue weighted by Gasteiger charge is 2.31. The van der Waals surface area contributed by atoms with Crippen LogP contribution in [0.1, 0.15) is 32.3 Å². The van der Waals surface area contributed by atoms with Crippen LogP contribution in [-0.2, 0) is 17.9 Å². The number of aliphatic hydroxyl groups is 1. The lowest BCUT2D eigenvalue weighted by molar-refractivity contribution is -0.0212. The minimum atomic E-state index is 0.0177. The summed E-state index contributed by atoms with van der Waals surface area (Å²) in [6, 6.07) is 8.17. The van der Waals surface area contributed by atoms with Crippen LogP contribution in [-0.4, -0.2) is 21.4 Å². The molecule has 19 heavy (non-hydrogen) atoms. The highest BCUT2D eigenvalue weighted by atomic mass is 16.5. The van der Waals surface area contributed by atoms with E-state index in [-0.39, 0.29) is 12.2 Å². The van der Waals surface area contributed by atoms with E-state index < -0.39 is 0 Å². The molecular formula is C16H21NO2. The van der Waals surface area contributed by atoms with Crippen molar-refractivity contribution in [2.45, 2.75) is 51.5 Å². The molecular weight excluding hydrogens is 238 g/mol. The second-order valence-electron chi connectivity index (χ2n) is 6.01. The molecule has 0 bridgehead atoms. The third-order valence-corrected chi connectivity index (χ3v) is 4.03. The Hall–Kier alpha value is -1.32. The molecule has 0 saturated carbocycles. The van der Waals surface area contributed by atoms with E-state index >= 15 is 0 Å². The third kappa shape index (κ3) is 2.40. The SMILES string of the molecule is CC1(C)CCC(Cn2ccc3c(CO)cccc32)O1. The molecule has 102 valence electrons. The van der Waals surface area contributed by atoms with Crippen LogP contribution >= 0.6 is 0 Å². The average Bonchev–Trinajstić information content (AvgIpc) is 2.93. The molecule has 0 radical (unpaired) electrons. The summed E-state index contributed by atoms with van der Waals surface area (Å²) in [6.07, 6.45) is 4.63. The van der Waals surface area contributed by atoms with Crippen LogP contribution in [0.5, 0.6) is 0 Å². The number of aromatic nitrogens is 1. The van der Waals surface area contributed by atoms with Gasteiger partial charge in [-0.05, 0) is 44.4 Å². The van der Waals surface area contributed by atoms with Gasteiger partial charge in [-0.15, -0.1) is 0 Å². The van der Waals surface area contributed by atoms with Crippen molar-refractivity contribution in [3.8, 4) is 0 Å². The lowest BCUT2D eigenvalue weighted by Crippen LogP contribution is -2.22. The number of rotatable bonds is 3. The molecule has 0 amide bonds. The van der Waals surface area contributed by atoms with Gasteiger partial charge in [0.05, 0.1) is 18.3 Å². The van der Waals surface area contributed by atoms with Crippen LogP contribution < -0.4 is 0 Å². The molecule has 1 unspecified atom stereocenters. The van der Waals surface area contributed by atoms with E-state index in [2.05, 4.69) is 36.7 Å². The summed E-state index contributed by atoms with van der Waals surface area (Å²) >= 11 is 0. The zero-order valence-electron chi connectivity index (χ0n) is 11.6. The van der Waals surface area contributed by atoms with Gasteiger partial charge in [-0.2, -0.15) is 0 Å². The number of aliphatic hydroxyl groups excluding tert-OH is 1. The number of benzene rings is 1. The predicted molar refractivity (Wildman–Crippen MR) is 76.0 cm³/mol. The largest absolute Gasteiger partial charge is 0.392 e. The summed E-state index contributed by atoms with van der Waals surface area (Å²) in [7, 11) is 0. The molecule has 0 spiro atoms. The summed E-state index contributed by atoms with van der Waals surface area (Å²) in [6.45, 7) is 5.30. The maximum atomic E-state index is 9.36. The van der Waals surface area contributed by atoms with E-state index in [4.69, 9.17) is 4.74 Å². The molecule has 1 aliphatic rings. The quantitative estimate of drug-likeness (QED) is 0.919. The minimum absolute atomic E-state index is 0.0177. The molecule has 1 aliphatic heterocycles. The van der Waals surface area contributed by atoms with E-state index in [0.717, 1.165) is 30.3 Å². The minimum Gasteiger partial charge on any atom is -0.392 e. The van der Waals surface area contributed by atoms with E-state index in [1.165, 1.54) is 5.52 Å². The Labute approximate surface area is 113 Å². The van der Waals surface area contributed by atoms with E-state index in [1.807, 2.05) is 12.1 Å². The fourth-order valence-corrected chi connectivity index (χ4v) is 3.01. The summed E-state index contributed by atoms with van der Waals surface area (Å²) in [4.78, 5) is 0. The van der Waals surface area contributed by atoms with Crippen molar-refractivity contribution in [1.82, 2.24) is 4.57 Å². The molecule has 1 fully saturated rings. The van der Waals surface area contributed by atoms with Crippen LogP contribution in [0, 0.1) is 0 Å². The lowest BCUT2D eigenvalue weighted by Gasteiger charge is -2.20. The van der Waals surface area contributed by atoms with Crippen LogP contribution in [0.2, 0.25) is 0 Å². The van der Waals surface area contributed by atoms with Gasteiger partial charge in [0.2, 0.25) is 0 Å². The van der Waals surface area contributed by atoms with Crippen molar-refractivity contribution >= 4 is 10.9 Å². The van der Waals surface area contributed by atoms with Crippen molar-refractivity contribution < 1.29 is 9.84 Å². The highest BCUT2D eigenvalue weighted by Crippen LogP contribution is 2.31. The lowest BCUT2D eigenvalue weighted by atomic mass is 10.1. The summed E-state index contributed by atoms with van der Waals surface area (Å²) in [5.74, 6) is 0. The van der Waals surface area contributed by atoms with Gasteiger partial charge in [-0.3, -0.25) is 0 Å². The standard InChI is InChI=1S/C16H21NO2/c1-16(2)8-6-13(19-16)10-17-9-7-14-12(11-18)4-3-5-15(14)17/h3-5,7,9,13,18H,6,8,10-11H2,1-2H3. The zero-order valence-corrected chi connectivity index (χ0v) is 11.6. The van der Waals surface area contributed by atoms with E-state index in [0.29, 0.717) is 6.10 Å². The molecule has 1 saturated heterocycles. The summed E-state index contributed by atoms with van der Waals surface area (Å²) < 4.78 is 8.29. The van der Waals surface area contributed by atoms with Gasteiger partial charge in [0.25, 0.3) is 0 Å². The van der Waals surface area contributed by atoms with Crippen molar-refractivity contribution in [3.05, 3.63) is 36.0 Å². The van der Waals surface area contributed by atoms with Crippen molar-refractivity contribution in [2.75, 3.05) is 0 Å². The monoisotopic (exact) mass is 259 g/mol. The van der Waals surface area contributed by atoms with Gasteiger partial charge in [0.15, 0.2) is 0 Å². The maximum absolute atomic E-state index is 9.36. The Morgan fingerprint density at radius 2 is 2.21 bits per heavy atom. The van der Waals surface area contributed by atoms with E-state index in [1.54, 1.807) is 0 Å². The molecule has 1 aromatic carbocycles. The molecule has 0 aliphatic carbocycles. The first-order valence-corrected chi connectivity index (χ1v) is 6.94.